The van der Waals surface area contributed by atoms with Crippen molar-refractivity contribution in [3.63, 3.8) is 0 Å². The Morgan fingerprint density at radius 3 is 2.35 bits per heavy atom. The van der Waals surface area contributed by atoms with Crippen LogP contribution >= 0.6 is 0 Å². The van der Waals surface area contributed by atoms with E-state index in [0.717, 1.165) is 12.2 Å². The summed E-state index contributed by atoms with van der Waals surface area (Å²) in [5.41, 5.74) is 1.27. The van der Waals surface area contributed by atoms with Gasteiger partial charge < -0.3 is 14.2 Å². The van der Waals surface area contributed by atoms with Gasteiger partial charge in [0.05, 0.1) is 7.11 Å². The fourth-order valence-corrected chi connectivity index (χ4v) is 1.55. The topological polar surface area (TPSA) is 27.7 Å². The molecule has 3 nitrogen and oxygen atoms in total. The molecular formula is C14H22O3. The Hall–Kier alpha value is -1.22. The Morgan fingerprint density at radius 1 is 1.12 bits per heavy atom. The Morgan fingerprint density at radius 2 is 1.82 bits per heavy atom. The largest absolute Gasteiger partial charge is 0.493 e. The summed E-state index contributed by atoms with van der Waals surface area (Å²) < 4.78 is 16.0. The third kappa shape index (κ3) is 3.63. The van der Waals surface area contributed by atoms with Crippen LogP contribution in [0.1, 0.15) is 38.7 Å². The van der Waals surface area contributed by atoms with Gasteiger partial charge in [0.25, 0.3) is 0 Å². The third-order valence-corrected chi connectivity index (χ3v) is 2.99. The Balaban J connectivity index is 2.93. The van der Waals surface area contributed by atoms with Crippen LogP contribution in [0.5, 0.6) is 11.5 Å². The van der Waals surface area contributed by atoms with E-state index in [9.17, 15) is 0 Å². The normalized spacial score (nSPS) is 14.2. The highest BCUT2D eigenvalue weighted by Gasteiger charge is 2.11. The Labute approximate surface area is 104 Å². The second-order valence-electron chi connectivity index (χ2n) is 4.14. The molecule has 0 saturated heterocycles. The van der Waals surface area contributed by atoms with E-state index in [4.69, 9.17) is 14.2 Å². The van der Waals surface area contributed by atoms with E-state index in [1.54, 1.807) is 14.2 Å². The first-order valence-corrected chi connectivity index (χ1v) is 5.99. The van der Waals surface area contributed by atoms with Gasteiger partial charge in [-0.1, -0.05) is 19.9 Å². The summed E-state index contributed by atoms with van der Waals surface area (Å²) in [7, 11) is 3.27. The summed E-state index contributed by atoms with van der Waals surface area (Å²) in [5, 5.41) is 0. The summed E-state index contributed by atoms with van der Waals surface area (Å²) in [4.78, 5) is 0. The minimum Gasteiger partial charge on any atom is -0.493 e. The molecule has 2 unspecified atom stereocenters. The fourth-order valence-electron chi connectivity index (χ4n) is 1.55. The second-order valence-corrected chi connectivity index (χ2v) is 4.14. The summed E-state index contributed by atoms with van der Waals surface area (Å²) in [6.07, 6.45) is 0.830. The van der Waals surface area contributed by atoms with E-state index in [2.05, 4.69) is 19.9 Å². The highest BCUT2D eigenvalue weighted by atomic mass is 16.7. The zero-order chi connectivity index (χ0) is 12.8. The molecule has 0 aliphatic carbocycles. The van der Waals surface area contributed by atoms with Gasteiger partial charge in [0.2, 0.25) is 0 Å². The van der Waals surface area contributed by atoms with Crippen LogP contribution in [0.25, 0.3) is 0 Å². The van der Waals surface area contributed by atoms with E-state index in [1.165, 1.54) is 5.56 Å². The molecular weight excluding hydrogens is 216 g/mol. The van der Waals surface area contributed by atoms with Crippen molar-refractivity contribution in [2.75, 3.05) is 14.2 Å². The van der Waals surface area contributed by atoms with Crippen LogP contribution in [0.4, 0.5) is 0 Å². The van der Waals surface area contributed by atoms with Gasteiger partial charge in [-0.15, -0.1) is 0 Å². The van der Waals surface area contributed by atoms with Gasteiger partial charge in [-0.2, -0.15) is 0 Å². The van der Waals surface area contributed by atoms with Crippen molar-refractivity contribution >= 4 is 0 Å². The van der Waals surface area contributed by atoms with Crippen molar-refractivity contribution in [1.29, 1.82) is 0 Å². The molecule has 17 heavy (non-hydrogen) atoms. The molecule has 0 fully saturated rings. The Bertz CT molecular complexity index is 349. The van der Waals surface area contributed by atoms with E-state index in [-0.39, 0.29) is 6.29 Å². The maximum atomic E-state index is 5.61. The predicted molar refractivity (Wildman–Crippen MR) is 68.8 cm³/mol. The highest BCUT2D eigenvalue weighted by Crippen LogP contribution is 2.32. The molecule has 0 bridgehead atoms. The molecule has 0 N–H and O–H groups in total. The molecule has 3 heteroatoms. The van der Waals surface area contributed by atoms with E-state index >= 15 is 0 Å². The van der Waals surface area contributed by atoms with Crippen molar-refractivity contribution in [1.82, 2.24) is 0 Å². The quantitative estimate of drug-likeness (QED) is 0.709. The average Bonchev–Trinajstić information content (AvgIpc) is 2.37. The number of methoxy groups -OCH3 is 2. The van der Waals surface area contributed by atoms with Gasteiger partial charge in [-0.25, -0.2) is 0 Å². The lowest BCUT2D eigenvalue weighted by atomic mass is 9.98. The zero-order valence-corrected chi connectivity index (χ0v) is 11.3. The van der Waals surface area contributed by atoms with Gasteiger partial charge in [0.1, 0.15) is 0 Å². The van der Waals surface area contributed by atoms with Crippen LogP contribution in [0, 0.1) is 0 Å². The summed E-state index contributed by atoms with van der Waals surface area (Å²) in [5.74, 6) is 2.00. The molecule has 0 spiro atoms. The van der Waals surface area contributed by atoms with Crippen LogP contribution in [0.2, 0.25) is 0 Å². The van der Waals surface area contributed by atoms with E-state index in [0.29, 0.717) is 11.7 Å². The first kappa shape index (κ1) is 13.8. The number of ether oxygens (including phenoxy) is 3. The lowest BCUT2D eigenvalue weighted by molar-refractivity contribution is -0.0395. The lowest BCUT2D eigenvalue weighted by Crippen LogP contribution is -2.14. The summed E-state index contributed by atoms with van der Waals surface area (Å²) in [6.45, 7) is 6.23. The predicted octanol–water partition coefficient (Wildman–Crippen LogP) is 3.58. The number of rotatable bonds is 6. The number of hydrogen-bond acceptors (Lipinski definition) is 3. The van der Waals surface area contributed by atoms with Gasteiger partial charge in [-0.05, 0) is 37.0 Å². The van der Waals surface area contributed by atoms with Crippen LogP contribution in [0.3, 0.4) is 0 Å². The zero-order valence-electron chi connectivity index (χ0n) is 11.3. The molecule has 0 heterocycles. The van der Waals surface area contributed by atoms with Gasteiger partial charge in [-0.3, -0.25) is 0 Å². The molecule has 0 aromatic heterocycles. The van der Waals surface area contributed by atoms with Gasteiger partial charge in [0, 0.05) is 7.11 Å². The van der Waals surface area contributed by atoms with Crippen molar-refractivity contribution < 1.29 is 14.2 Å². The molecule has 1 aromatic carbocycles. The molecule has 0 amide bonds. The molecule has 0 radical (unpaired) electrons. The first-order valence-electron chi connectivity index (χ1n) is 5.99. The molecule has 0 aliphatic heterocycles. The summed E-state index contributed by atoms with van der Waals surface area (Å²) >= 11 is 0. The molecule has 96 valence electrons. The van der Waals surface area contributed by atoms with E-state index < -0.39 is 0 Å². The van der Waals surface area contributed by atoms with E-state index in [1.807, 2.05) is 19.1 Å². The molecule has 0 aliphatic rings. The minimum atomic E-state index is -0.279. The Kier molecular flexibility index (Phi) is 5.29. The monoisotopic (exact) mass is 238 g/mol. The van der Waals surface area contributed by atoms with Crippen LogP contribution < -0.4 is 9.47 Å². The SMILES string of the molecule is CCC(C)c1ccc(OC(C)OC)c(OC)c1. The van der Waals surface area contributed by atoms with Crippen molar-refractivity contribution in [2.24, 2.45) is 0 Å². The third-order valence-electron chi connectivity index (χ3n) is 2.99. The molecule has 1 rings (SSSR count). The smallest absolute Gasteiger partial charge is 0.196 e. The first-order chi connectivity index (χ1) is 8.12. The highest BCUT2D eigenvalue weighted by molar-refractivity contribution is 5.43. The number of benzene rings is 1. The maximum Gasteiger partial charge on any atom is 0.196 e. The van der Waals surface area contributed by atoms with Crippen LogP contribution in [-0.4, -0.2) is 20.5 Å². The van der Waals surface area contributed by atoms with Gasteiger partial charge >= 0.3 is 0 Å². The minimum absolute atomic E-state index is 0.279. The molecule has 1 aromatic rings. The standard InChI is InChI=1S/C14H22O3/c1-6-10(2)12-7-8-13(14(9-12)16-5)17-11(3)15-4/h7-11H,6H2,1-5H3. The van der Waals surface area contributed by atoms with Crippen LogP contribution in [-0.2, 0) is 4.74 Å². The summed E-state index contributed by atoms with van der Waals surface area (Å²) in [6, 6.07) is 6.05. The van der Waals surface area contributed by atoms with Crippen molar-refractivity contribution in [3.8, 4) is 11.5 Å². The van der Waals surface area contributed by atoms with Crippen LogP contribution in [0.15, 0.2) is 18.2 Å². The maximum absolute atomic E-state index is 5.61. The second kappa shape index (κ2) is 6.50. The van der Waals surface area contributed by atoms with Crippen molar-refractivity contribution in [3.05, 3.63) is 23.8 Å². The molecule has 2 atom stereocenters. The van der Waals surface area contributed by atoms with Crippen molar-refractivity contribution in [2.45, 2.75) is 39.4 Å². The lowest BCUT2D eigenvalue weighted by Gasteiger charge is -2.17. The molecule has 0 saturated carbocycles. The fraction of sp³-hybridized carbons (Fsp3) is 0.571. The number of hydrogen-bond donors (Lipinski definition) is 0. The van der Waals surface area contributed by atoms with Gasteiger partial charge in [0.15, 0.2) is 17.8 Å². The average molecular weight is 238 g/mol.